The lowest BCUT2D eigenvalue weighted by atomic mass is 9.93. The van der Waals surface area contributed by atoms with Gasteiger partial charge < -0.3 is 98.1 Å². The molecule has 4 heterocycles. The van der Waals surface area contributed by atoms with Gasteiger partial charge in [-0.15, -0.1) is 0 Å². The van der Waals surface area contributed by atoms with Crippen LogP contribution < -0.4 is 17.2 Å². The van der Waals surface area contributed by atoms with Crippen LogP contribution in [-0.2, 0) is 135 Å². The molecule has 0 radical (unpaired) electrons. The van der Waals surface area contributed by atoms with Gasteiger partial charge in [0.15, 0.2) is 25.2 Å². The molecule has 4 saturated heterocycles. The number of nitrogens with two attached hydrogens (primary N) is 3. The Morgan fingerprint density at radius 3 is 0.827 bits per heavy atom. The molecule has 23 nitrogen and oxygen atoms in total. The van der Waals surface area contributed by atoms with Crippen LogP contribution in [0, 0.1) is 0 Å². The highest BCUT2D eigenvalue weighted by atomic mass is 16.8. The largest absolute Gasteiger partial charge is 0.394 e. The number of rotatable bonds is 38. The predicted molar refractivity (Wildman–Crippen MR) is 408 cm³/mol. The van der Waals surface area contributed by atoms with Crippen LogP contribution in [0.4, 0.5) is 0 Å². The molecule has 0 spiro atoms. The smallest absolute Gasteiger partial charge is 0.176 e. The van der Waals surface area contributed by atoms with Gasteiger partial charge in [-0.1, -0.05) is 278 Å². The summed E-state index contributed by atoms with van der Waals surface area (Å²) in [4.78, 5) is 3.44. The molecule has 7 N–H and O–H groups in total. The van der Waals surface area contributed by atoms with Crippen LogP contribution in [-0.4, -0.2) is 154 Å². The van der Waals surface area contributed by atoms with E-state index in [2.05, 4.69) is 10.0 Å². The van der Waals surface area contributed by atoms with E-state index in [1.807, 2.05) is 273 Å². The van der Waals surface area contributed by atoms with Gasteiger partial charge in [0.05, 0.1) is 104 Å². The van der Waals surface area contributed by atoms with Gasteiger partial charge in [-0.2, -0.15) is 0 Å². The molecule has 4 aliphatic heterocycles. The zero-order valence-corrected chi connectivity index (χ0v) is 61.3. The van der Waals surface area contributed by atoms with E-state index >= 15 is 0 Å². The lowest BCUT2D eigenvalue weighted by Crippen LogP contribution is -2.70. The fourth-order valence-electron chi connectivity index (χ4n) is 14.1. The van der Waals surface area contributed by atoms with Crippen LogP contribution in [0.2, 0.25) is 0 Å². The number of hydrogen-bond donors (Lipinski definition) is 4. The zero-order chi connectivity index (χ0) is 75.5. The van der Waals surface area contributed by atoms with Gasteiger partial charge in [0.2, 0.25) is 0 Å². The summed E-state index contributed by atoms with van der Waals surface area (Å²) < 4.78 is 111. The van der Waals surface area contributed by atoms with Gasteiger partial charge in [0, 0.05) is 4.91 Å². The van der Waals surface area contributed by atoms with E-state index in [9.17, 15) is 10.6 Å². The van der Waals surface area contributed by atoms with Crippen molar-refractivity contribution in [3.8, 4) is 0 Å². The quantitative estimate of drug-likeness (QED) is 0.0159. The van der Waals surface area contributed by atoms with Gasteiger partial charge in [0.1, 0.15) is 79.3 Å². The Kier molecular flexibility index (Phi) is 30.1. The van der Waals surface area contributed by atoms with Crippen LogP contribution >= 0.6 is 0 Å². The molecule has 13 rings (SSSR count). The average Bonchev–Trinajstić information content (AvgIpc) is 0.766. The van der Waals surface area contributed by atoms with Crippen LogP contribution in [0.3, 0.4) is 0 Å². The van der Waals surface area contributed by atoms with Crippen molar-refractivity contribution >= 4 is 0 Å². The Morgan fingerprint density at radius 2 is 0.518 bits per heavy atom. The third-order valence-corrected chi connectivity index (χ3v) is 19.8. The summed E-state index contributed by atoms with van der Waals surface area (Å²) in [7, 11) is 0. The summed E-state index contributed by atoms with van der Waals surface area (Å²) in [5, 5.41) is 15.8. The Hall–Kier alpha value is -8.51. The molecular formula is C87H98N6O17. The van der Waals surface area contributed by atoms with Crippen LogP contribution in [0.5, 0.6) is 0 Å². The third kappa shape index (κ3) is 22.2. The Balaban J connectivity index is 0.859. The second kappa shape index (κ2) is 41.7. The van der Waals surface area contributed by atoms with E-state index in [-0.39, 0.29) is 79.3 Å². The van der Waals surface area contributed by atoms with Gasteiger partial charge in [-0.05, 0) is 55.6 Å². The van der Waals surface area contributed by atoms with Crippen LogP contribution in [0.1, 0.15) is 50.1 Å². The molecule has 0 amide bonds. The first kappa shape index (κ1) is 79.6. The molecule has 4 fully saturated rings. The summed E-state index contributed by atoms with van der Waals surface area (Å²) in [6.45, 7) is 0.426. The number of nitrogens with zero attached hydrogens (tertiary/aromatic N) is 3. The number of ether oxygens (including phenoxy) is 16. The minimum Gasteiger partial charge on any atom is -0.394 e. The van der Waals surface area contributed by atoms with Crippen molar-refractivity contribution in [1.29, 1.82) is 0 Å². The molecule has 578 valence electrons. The minimum absolute atomic E-state index is 0.00496. The highest BCUT2D eigenvalue weighted by Crippen LogP contribution is 2.39. The van der Waals surface area contributed by atoms with Crippen molar-refractivity contribution in [2.75, 3.05) is 26.4 Å². The second-order valence-corrected chi connectivity index (χ2v) is 27.7. The monoisotopic (exact) mass is 1500 g/mol. The fraction of sp³-hybridized carbons (Fsp3) is 0.379. The van der Waals surface area contributed by atoms with Crippen molar-refractivity contribution in [1.82, 2.24) is 0 Å². The topological polar surface area (TPSA) is 295 Å². The van der Waals surface area contributed by atoms with Crippen LogP contribution in [0.25, 0.3) is 10.4 Å². The van der Waals surface area contributed by atoms with Crippen molar-refractivity contribution in [3.05, 3.63) is 334 Å². The first-order chi connectivity index (χ1) is 54.2. The molecule has 23 heteroatoms. The molecule has 20 atom stereocenters. The first-order valence-electron chi connectivity index (χ1n) is 37.5. The van der Waals surface area contributed by atoms with E-state index in [1.165, 1.54) is 0 Å². The maximum absolute atomic E-state index is 11.4. The molecule has 0 aliphatic carbocycles. The van der Waals surface area contributed by atoms with E-state index in [1.54, 1.807) is 0 Å². The van der Waals surface area contributed by atoms with E-state index < -0.39 is 129 Å². The number of benzene rings is 9. The Morgan fingerprint density at radius 1 is 0.282 bits per heavy atom. The summed E-state index contributed by atoms with van der Waals surface area (Å²) >= 11 is 0. The first-order valence-corrected chi connectivity index (χ1v) is 37.5. The predicted octanol–water partition coefficient (Wildman–Crippen LogP) is 11.5. The maximum atomic E-state index is 11.4. The summed E-state index contributed by atoms with van der Waals surface area (Å²) in [6.07, 6.45) is -17.9. The van der Waals surface area contributed by atoms with Crippen molar-refractivity contribution in [2.24, 2.45) is 22.3 Å². The normalized spacial score (nSPS) is 28.2. The minimum atomic E-state index is -1.40. The Labute approximate surface area is 642 Å². The van der Waals surface area contributed by atoms with Gasteiger partial charge in [-0.25, -0.2) is 0 Å². The second-order valence-electron chi connectivity index (χ2n) is 27.7. The van der Waals surface area contributed by atoms with E-state index in [0.717, 1.165) is 50.1 Å². The molecule has 0 unspecified atom stereocenters. The third-order valence-electron chi connectivity index (χ3n) is 19.8. The van der Waals surface area contributed by atoms with Crippen molar-refractivity contribution in [2.45, 2.75) is 182 Å². The van der Waals surface area contributed by atoms with E-state index in [4.69, 9.17) is 93.0 Å². The maximum Gasteiger partial charge on any atom is 0.176 e. The molecule has 9 aromatic rings. The lowest BCUT2D eigenvalue weighted by Gasteiger charge is -2.51. The Bertz CT molecular complexity index is 4110. The van der Waals surface area contributed by atoms with E-state index in [0.29, 0.717) is 0 Å². The number of azide groups is 1. The number of hydrogen-bond acceptors (Lipinski definition) is 21. The van der Waals surface area contributed by atoms with Gasteiger partial charge >= 0.3 is 0 Å². The number of aliphatic hydroxyl groups is 1. The highest BCUT2D eigenvalue weighted by molar-refractivity contribution is 5.21. The summed E-state index contributed by atoms with van der Waals surface area (Å²) in [5.41, 5.74) is 41.2. The molecule has 0 aromatic heterocycles. The lowest BCUT2D eigenvalue weighted by molar-refractivity contribution is -0.368. The zero-order valence-electron chi connectivity index (χ0n) is 61.3. The molecule has 0 saturated carbocycles. The summed E-state index contributed by atoms with van der Waals surface area (Å²) in [6, 6.07) is 82.7. The van der Waals surface area contributed by atoms with Crippen molar-refractivity contribution in [3.63, 3.8) is 0 Å². The highest BCUT2D eigenvalue weighted by Gasteiger charge is 2.57. The standard InChI is InChI=1S/C87H98N6O17/c88-72-80(99-51-63-36-18-5-19-37-63)77(68(46-94)104-84(72)103-55-67-44-26-9-27-45-67)108-85-73(89)81(100-52-64-38-20-6-21-39-64)78(70(105-85)57-96-48-60-30-12-2-13-31-60)109-86-74(90)82(101-53-65-40-22-7-23-41-65)79(71(106-86)58-97-49-61-32-14-3-15-33-61)110-87-75(92-93-91)83(102-54-66-42-24-8-25-43-66)76(98-50-62-34-16-4-17-35-62)69(107-87)56-95-47-59-28-10-1-11-29-59/h1-45,68-87,94H,46-58,88-90H2/t68-,69-,70-,71-,72-,73-,74-,75-,76-,77-,78-,79-,80-,81-,82-,83-,84-,85+,86+,87+/m1/s1. The average molecular weight is 1500 g/mol. The molecule has 110 heavy (non-hydrogen) atoms. The fourth-order valence-corrected chi connectivity index (χ4v) is 14.1. The number of aliphatic hydroxyl groups excluding tert-OH is 1. The molecule has 4 aliphatic rings. The SMILES string of the molecule is [N-]=[N+]=N[C@H]1[C@H](O[C@H]2[C@H](OCc3ccccc3)[C@@H](N)[C@H](O[C@H]3[C@H](OCc4ccccc4)[C@@H](N)[C@H](O[C@H]4[C@H](OCc5ccccc5)[C@@H](N)[C@H](OCc5ccccc5)O[C@@H]4CO)O[C@@H]3COCc3ccccc3)O[C@@H]2COCc2ccccc2)O[C@H](COCc2ccccc2)[C@@H](OCc2ccccc2)[C@@H]1OCc1ccccc1. The molecular weight excluding hydrogens is 1400 g/mol. The van der Waals surface area contributed by atoms with Crippen molar-refractivity contribution < 1.29 is 80.9 Å². The van der Waals surface area contributed by atoms with Gasteiger partial charge in [0.25, 0.3) is 0 Å². The van der Waals surface area contributed by atoms with Crippen LogP contribution in [0.15, 0.2) is 278 Å². The van der Waals surface area contributed by atoms with Gasteiger partial charge in [-0.3, -0.25) is 0 Å². The molecule has 9 aromatic carbocycles. The molecule has 0 bridgehead atoms. The summed E-state index contributed by atoms with van der Waals surface area (Å²) in [5.74, 6) is 0.